The van der Waals surface area contributed by atoms with Crippen molar-refractivity contribution >= 4 is 5.82 Å². The van der Waals surface area contributed by atoms with Crippen LogP contribution in [0.25, 0.3) is 11.4 Å². The number of aromatic nitrogens is 2. The second-order valence-electron chi connectivity index (χ2n) is 5.25. The van der Waals surface area contributed by atoms with Gasteiger partial charge in [0, 0.05) is 23.9 Å². The molecule has 110 valence electrons. The zero-order valence-corrected chi connectivity index (χ0v) is 12.5. The van der Waals surface area contributed by atoms with E-state index >= 15 is 0 Å². The average molecular weight is 285 g/mol. The average Bonchev–Trinajstić information content (AvgIpc) is 2.94. The van der Waals surface area contributed by atoms with Crippen LogP contribution in [0, 0.1) is 0 Å². The van der Waals surface area contributed by atoms with Crippen molar-refractivity contribution < 1.29 is 9.47 Å². The van der Waals surface area contributed by atoms with E-state index in [1.165, 1.54) is 0 Å². The predicted molar refractivity (Wildman–Crippen MR) is 81.8 cm³/mol. The fourth-order valence-electron chi connectivity index (χ4n) is 2.20. The second kappa shape index (κ2) is 5.60. The summed E-state index contributed by atoms with van der Waals surface area (Å²) >= 11 is 0. The van der Waals surface area contributed by atoms with Gasteiger partial charge in [-0.15, -0.1) is 0 Å². The standard InChI is InChI=1S/C16H19N3O2/c1-4-17-15-8-12(10(2)3)18-16(19-15)11-5-6-13-14(7-11)21-9-20-13/h5-8,10H,4,9H2,1-3H3,(H,17,18,19). The maximum Gasteiger partial charge on any atom is 0.231 e. The van der Waals surface area contributed by atoms with Crippen LogP contribution in [0.1, 0.15) is 32.4 Å². The van der Waals surface area contributed by atoms with Crippen molar-refractivity contribution in [3.05, 3.63) is 30.0 Å². The van der Waals surface area contributed by atoms with Crippen molar-refractivity contribution in [1.29, 1.82) is 0 Å². The molecular formula is C16H19N3O2. The van der Waals surface area contributed by atoms with Gasteiger partial charge in [0.2, 0.25) is 6.79 Å². The van der Waals surface area contributed by atoms with Crippen molar-refractivity contribution in [2.45, 2.75) is 26.7 Å². The molecule has 0 saturated heterocycles. The van der Waals surface area contributed by atoms with E-state index in [1.807, 2.05) is 24.3 Å². The molecule has 1 aromatic carbocycles. The molecule has 0 saturated carbocycles. The quantitative estimate of drug-likeness (QED) is 0.932. The van der Waals surface area contributed by atoms with Gasteiger partial charge in [0.25, 0.3) is 0 Å². The minimum Gasteiger partial charge on any atom is -0.454 e. The maximum absolute atomic E-state index is 5.42. The lowest BCUT2D eigenvalue weighted by Crippen LogP contribution is -2.05. The summed E-state index contributed by atoms with van der Waals surface area (Å²) in [5.74, 6) is 3.42. The second-order valence-corrected chi connectivity index (χ2v) is 5.25. The first-order valence-electron chi connectivity index (χ1n) is 7.20. The summed E-state index contributed by atoms with van der Waals surface area (Å²) in [5, 5.41) is 3.26. The molecule has 1 N–H and O–H groups in total. The van der Waals surface area contributed by atoms with Crippen LogP contribution in [0.5, 0.6) is 11.5 Å². The summed E-state index contributed by atoms with van der Waals surface area (Å²) in [4.78, 5) is 9.25. The van der Waals surface area contributed by atoms with Gasteiger partial charge in [-0.1, -0.05) is 13.8 Å². The zero-order chi connectivity index (χ0) is 14.8. The monoisotopic (exact) mass is 285 g/mol. The van der Waals surface area contributed by atoms with E-state index in [0.29, 0.717) is 11.7 Å². The van der Waals surface area contributed by atoms with E-state index in [4.69, 9.17) is 9.47 Å². The van der Waals surface area contributed by atoms with Gasteiger partial charge in [-0.2, -0.15) is 0 Å². The number of anilines is 1. The van der Waals surface area contributed by atoms with Crippen LogP contribution in [0.2, 0.25) is 0 Å². The Bertz CT molecular complexity index is 656. The lowest BCUT2D eigenvalue weighted by Gasteiger charge is -2.11. The number of benzene rings is 1. The Balaban J connectivity index is 2.04. The highest BCUT2D eigenvalue weighted by molar-refractivity contribution is 5.63. The Morgan fingerprint density at radius 2 is 1.95 bits per heavy atom. The van der Waals surface area contributed by atoms with Crippen molar-refractivity contribution in [3.63, 3.8) is 0 Å². The molecule has 0 aliphatic carbocycles. The molecule has 2 heterocycles. The smallest absolute Gasteiger partial charge is 0.231 e. The molecule has 0 bridgehead atoms. The Morgan fingerprint density at radius 3 is 2.71 bits per heavy atom. The Labute approximate surface area is 124 Å². The number of fused-ring (bicyclic) bond motifs is 1. The molecular weight excluding hydrogens is 266 g/mol. The summed E-state index contributed by atoms with van der Waals surface area (Å²) in [6.45, 7) is 7.41. The van der Waals surface area contributed by atoms with Gasteiger partial charge in [-0.25, -0.2) is 9.97 Å². The SMILES string of the molecule is CCNc1cc(C(C)C)nc(-c2ccc3c(c2)OCO3)n1. The first-order chi connectivity index (χ1) is 10.2. The van der Waals surface area contributed by atoms with Gasteiger partial charge >= 0.3 is 0 Å². The van der Waals surface area contributed by atoms with Gasteiger partial charge in [-0.3, -0.25) is 0 Å². The third-order valence-electron chi connectivity index (χ3n) is 3.33. The lowest BCUT2D eigenvalue weighted by atomic mass is 10.1. The largest absolute Gasteiger partial charge is 0.454 e. The summed E-state index contributed by atoms with van der Waals surface area (Å²) < 4.78 is 10.8. The third-order valence-corrected chi connectivity index (χ3v) is 3.33. The molecule has 2 aromatic rings. The van der Waals surface area contributed by atoms with Crippen LogP contribution < -0.4 is 14.8 Å². The van der Waals surface area contributed by atoms with Crippen molar-refractivity contribution in [1.82, 2.24) is 9.97 Å². The fraction of sp³-hybridized carbons (Fsp3) is 0.375. The number of ether oxygens (including phenoxy) is 2. The number of hydrogen-bond acceptors (Lipinski definition) is 5. The van der Waals surface area contributed by atoms with Crippen LogP contribution in [0.3, 0.4) is 0 Å². The Hall–Kier alpha value is -2.30. The van der Waals surface area contributed by atoms with Crippen LogP contribution in [-0.4, -0.2) is 23.3 Å². The maximum atomic E-state index is 5.42. The molecule has 0 atom stereocenters. The molecule has 1 aliphatic rings. The highest BCUT2D eigenvalue weighted by Gasteiger charge is 2.16. The van der Waals surface area contributed by atoms with Crippen molar-refractivity contribution in [2.24, 2.45) is 0 Å². The number of nitrogens with zero attached hydrogens (tertiary/aromatic N) is 2. The third kappa shape index (κ3) is 2.77. The lowest BCUT2D eigenvalue weighted by molar-refractivity contribution is 0.174. The number of hydrogen-bond donors (Lipinski definition) is 1. The van der Waals surface area contributed by atoms with Gasteiger partial charge in [0.15, 0.2) is 17.3 Å². The van der Waals surface area contributed by atoms with Crippen LogP contribution in [0.15, 0.2) is 24.3 Å². The van der Waals surface area contributed by atoms with Crippen molar-refractivity contribution in [3.8, 4) is 22.9 Å². The summed E-state index contributed by atoms with van der Waals surface area (Å²) in [6.07, 6.45) is 0. The van der Waals surface area contributed by atoms with E-state index in [2.05, 4.69) is 36.1 Å². The number of nitrogens with one attached hydrogen (secondary N) is 1. The molecule has 5 nitrogen and oxygen atoms in total. The van der Waals surface area contributed by atoms with E-state index in [0.717, 1.165) is 35.1 Å². The topological polar surface area (TPSA) is 56.3 Å². The normalized spacial score (nSPS) is 12.8. The van der Waals surface area contributed by atoms with Gasteiger partial charge in [0.05, 0.1) is 0 Å². The molecule has 0 radical (unpaired) electrons. The molecule has 0 fully saturated rings. The van der Waals surface area contributed by atoms with E-state index in [1.54, 1.807) is 0 Å². The molecule has 3 rings (SSSR count). The molecule has 0 amide bonds. The summed E-state index contributed by atoms with van der Waals surface area (Å²) in [7, 11) is 0. The minimum absolute atomic E-state index is 0.272. The van der Waals surface area contributed by atoms with Gasteiger partial charge in [-0.05, 0) is 31.0 Å². The van der Waals surface area contributed by atoms with Crippen LogP contribution in [0.4, 0.5) is 5.82 Å². The van der Waals surface area contributed by atoms with E-state index in [9.17, 15) is 0 Å². The molecule has 5 heteroatoms. The minimum atomic E-state index is 0.272. The fourth-order valence-corrected chi connectivity index (χ4v) is 2.20. The molecule has 21 heavy (non-hydrogen) atoms. The predicted octanol–water partition coefficient (Wildman–Crippen LogP) is 3.43. The summed E-state index contributed by atoms with van der Waals surface area (Å²) in [5.41, 5.74) is 1.95. The van der Waals surface area contributed by atoms with Gasteiger partial charge < -0.3 is 14.8 Å². The Morgan fingerprint density at radius 1 is 1.14 bits per heavy atom. The highest BCUT2D eigenvalue weighted by atomic mass is 16.7. The zero-order valence-electron chi connectivity index (χ0n) is 12.5. The molecule has 1 aromatic heterocycles. The van der Waals surface area contributed by atoms with Crippen LogP contribution in [-0.2, 0) is 0 Å². The first-order valence-corrected chi connectivity index (χ1v) is 7.20. The molecule has 0 unspecified atom stereocenters. The van der Waals surface area contributed by atoms with E-state index in [-0.39, 0.29) is 6.79 Å². The first kappa shape index (κ1) is 13.7. The molecule has 1 aliphatic heterocycles. The van der Waals surface area contributed by atoms with Gasteiger partial charge in [0.1, 0.15) is 5.82 Å². The van der Waals surface area contributed by atoms with Crippen LogP contribution >= 0.6 is 0 Å². The van der Waals surface area contributed by atoms with E-state index < -0.39 is 0 Å². The Kier molecular flexibility index (Phi) is 3.64. The molecule has 0 spiro atoms. The highest BCUT2D eigenvalue weighted by Crippen LogP contribution is 2.35. The summed E-state index contributed by atoms with van der Waals surface area (Å²) in [6, 6.07) is 7.79. The number of rotatable bonds is 4. The van der Waals surface area contributed by atoms with Crippen molar-refractivity contribution in [2.75, 3.05) is 18.7 Å².